The van der Waals surface area contributed by atoms with Gasteiger partial charge in [0.2, 0.25) is 0 Å². The van der Waals surface area contributed by atoms with Crippen molar-refractivity contribution in [3.63, 3.8) is 0 Å². The van der Waals surface area contributed by atoms with Gasteiger partial charge in [-0.2, -0.15) is 23.4 Å². The molecule has 5 aromatic rings. The lowest BCUT2D eigenvalue weighted by Crippen LogP contribution is -2.21. The van der Waals surface area contributed by atoms with Crippen LogP contribution in [0.1, 0.15) is 16.1 Å². The molecule has 0 aliphatic carbocycles. The second-order valence-corrected chi connectivity index (χ2v) is 7.58. The molecule has 0 fully saturated rings. The van der Waals surface area contributed by atoms with Crippen molar-refractivity contribution in [1.29, 1.82) is 0 Å². The van der Waals surface area contributed by atoms with Gasteiger partial charge >= 0.3 is 6.18 Å². The van der Waals surface area contributed by atoms with Gasteiger partial charge in [0.1, 0.15) is 5.69 Å². The molecule has 0 atom stereocenters. The number of halogens is 4. The van der Waals surface area contributed by atoms with Gasteiger partial charge in [-0.1, -0.05) is 35.9 Å². The van der Waals surface area contributed by atoms with Crippen LogP contribution < -0.4 is 5.32 Å². The van der Waals surface area contributed by atoms with Gasteiger partial charge in [-0.25, -0.2) is 4.68 Å². The Labute approximate surface area is 194 Å². The van der Waals surface area contributed by atoms with Crippen LogP contribution in [0.3, 0.4) is 0 Å². The van der Waals surface area contributed by atoms with Gasteiger partial charge in [0.25, 0.3) is 5.91 Å². The van der Waals surface area contributed by atoms with Crippen molar-refractivity contribution in [2.24, 2.45) is 0 Å². The Morgan fingerprint density at radius 1 is 1.09 bits per heavy atom. The van der Waals surface area contributed by atoms with Gasteiger partial charge in [0, 0.05) is 23.2 Å². The highest BCUT2D eigenvalue weighted by Gasteiger charge is 2.41. The number of alkyl halides is 3. The number of nitrogens with zero attached hydrogens (tertiary/aromatic N) is 5. The number of anilines is 1. The first-order chi connectivity index (χ1) is 16.3. The monoisotopic (exact) mass is 483 g/mol. The quantitative estimate of drug-likeness (QED) is 0.369. The molecular weight excluding hydrogens is 471 g/mol. The Bertz CT molecular complexity index is 1510. The lowest BCUT2D eigenvalue weighted by Gasteiger charge is -2.14. The zero-order chi connectivity index (χ0) is 23.9. The van der Waals surface area contributed by atoms with E-state index in [0.717, 1.165) is 6.20 Å². The number of benzene rings is 1. The highest BCUT2D eigenvalue weighted by atomic mass is 35.5. The number of hydrogen-bond donors (Lipinski definition) is 2. The van der Waals surface area contributed by atoms with E-state index in [2.05, 4.69) is 30.6 Å². The molecule has 4 heterocycles. The van der Waals surface area contributed by atoms with E-state index in [0.29, 0.717) is 26.8 Å². The van der Waals surface area contributed by atoms with E-state index in [1.807, 2.05) is 0 Å². The standard InChI is InChI=1S/C22H13ClF3N7O/c23-16-7-13(9-28-19(16)17-5-6-29-32-17)31-21(34)15-10-30-33(20(15)22(24,25)26)18-11-27-8-12-3-1-2-4-14(12)18/h1-11H,(H,29,32)(H,31,34). The maximum atomic E-state index is 14.1. The summed E-state index contributed by atoms with van der Waals surface area (Å²) in [4.78, 5) is 21.0. The summed E-state index contributed by atoms with van der Waals surface area (Å²) in [5, 5.41) is 14.1. The fourth-order valence-electron chi connectivity index (χ4n) is 3.53. The third kappa shape index (κ3) is 3.86. The summed E-state index contributed by atoms with van der Waals surface area (Å²) in [6, 6.07) is 9.85. The van der Waals surface area contributed by atoms with E-state index in [9.17, 15) is 18.0 Å². The molecule has 12 heteroatoms. The van der Waals surface area contributed by atoms with Gasteiger partial charge in [-0.05, 0) is 12.1 Å². The molecule has 2 N–H and O–H groups in total. The third-order valence-electron chi connectivity index (χ3n) is 5.01. The minimum absolute atomic E-state index is 0.0955. The molecular formula is C22H13ClF3N7O. The first kappa shape index (κ1) is 21.6. The lowest BCUT2D eigenvalue weighted by atomic mass is 10.1. The Hall–Kier alpha value is -4.25. The Morgan fingerprint density at radius 3 is 2.65 bits per heavy atom. The van der Waals surface area contributed by atoms with Crippen LogP contribution in [0.5, 0.6) is 0 Å². The molecule has 0 bridgehead atoms. The maximum Gasteiger partial charge on any atom is 0.434 e. The van der Waals surface area contributed by atoms with E-state index >= 15 is 0 Å². The normalized spacial score (nSPS) is 11.6. The van der Waals surface area contributed by atoms with Crippen LogP contribution in [-0.2, 0) is 6.18 Å². The van der Waals surface area contributed by atoms with E-state index in [1.54, 1.807) is 30.3 Å². The highest BCUT2D eigenvalue weighted by molar-refractivity contribution is 6.33. The first-order valence-electron chi connectivity index (χ1n) is 9.78. The molecule has 8 nitrogen and oxygen atoms in total. The van der Waals surface area contributed by atoms with E-state index in [4.69, 9.17) is 11.6 Å². The second kappa shape index (κ2) is 8.27. The van der Waals surface area contributed by atoms with Crippen molar-refractivity contribution in [3.8, 4) is 17.1 Å². The summed E-state index contributed by atoms with van der Waals surface area (Å²) in [6.45, 7) is 0. The first-order valence-corrected chi connectivity index (χ1v) is 10.2. The van der Waals surface area contributed by atoms with Crippen LogP contribution in [0, 0.1) is 0 Å². The van der Waals surface area contributed by atoms with Crippen LogP contribution >= 0.6 is 11.6 Å². The van der Waals surface area contributed by atoms with Gasteiger partial charge in [-0.15, -0.1) is 0 Å². The molecule has 34 heavy (non-hydrogen) atoms. The van der Waals surface area contributed by atoms with Crippen LogP contribution in [0.25, 0.3) is 27.8 Å². The molecule has 5 rings (SSSR count). The number of pyridine rings is 2. The number of H-pyrrole nitrogens is 1. The summed E-state index contributed by atoms with van der Waals surface area (Å²) in [6.07, 6.45) is 1.60. The molecule has 1 aromatic carbocycles. The van der Waals surface area contributed by atoms with Crippen LogP contribution in [0.4, 0.5) is 18.9 Å². The predicted molar refractivity (Wildman–Crippen MR) is 119 cm³/mol. The Morgan fingerprint density at radius 2 is 1.91 bits per heavy atom. The van der Waals surface area contributed by atoms with Crippen molar-refractivity contribution in [3.05, 3.63) is 83.7 Å². The molecule has 0 spiro atoms. The van der Waals surface area contributed by atoms with Crippen molar-refractivity contribution < 1.29 is 18.0 Å². The lowest BCUT2D eigenvalue weighted by molar-refractivity contribution is -0.143. The minimum atomic E-state index is -4.87. The minimum Gasteiger partial charge on any atom is -0.320 e. The molecule has 4 aromatic heterocycles. The SMILES string of the molecule is O=C(Nc1cnc(-c2ccn[nH]2)c(Cl)c1)c1cnn(-c2cncc3ccccc23)c1C(F)(F)F. The topological polar surface area (TPSA) is 101 Å². The summed E-state index contributed by atoms with van der Waals surface area (Å²) in [5.74, 6) is -1.01. The highest BCUT2D eigenvalue weighted by Crippen LogP contribution is 2.35. The van der Waals surface area contributed by atoms with Crippen molar-refractivity contribution in [2.75, 3.05) is 5.32 Å². The van der Waals surface area contributed by atoms with Gasteiger partial charge in [-0.3, -0.25) is 19.9 Å². The van der Waals surface area contributed by atoms with Gasteiger partial charge < -0.3 is 5.32 Å². The second-order valence-electron chi connectivity index (χ2n) is 7.18. The average Bonchev–Trinajstić information content (AvgIpc) is 3.49. The van der Waals surface area contributed by atoms with Crippen LogP contribution in [-0.4, -0.2) is 35.9 Å². The molecule has 0 aliphatic heterocycles. The molecule has 170 valence electrons. The molecule has 0 unspecified atom stereocenters. The number of hydrogen-bond acceptors (Lipinski definition) is 5. The predicted octanol–water partition coefficient (Wildman–Crippen LogP) is 5.13. The number of carbonyl (C=O) groups excluding carboxylic acids is 1. The number of nitrogens with one attached hydrogen (secondary N) is 2. The average molecular weight is 484 g/mol. The third-order valence-corrected chi connectivity index (χ3v) is 5.30. The van der Waals surface area contributed by atoms with Crippen molar-refractivity contribution >= 4 is 34.0 Å². The number of fused-ring (bicyclic) bond motifs is 1. The van der Waals surface area contributed by atoms with Gasteiger partial charge in [0.15, 0.2) is 5.69 Å². The van der Waals surface area contributed by atoms with E-state index in [1.165, 1.54) is 30.9 Å². The zero-order valence-corrected chi connectivity index (χ0v) is 17.8. The number of amides is 1. The van der Waals surface area contributed by atoms with Crippen molar-refractivity contribution in [2.45, 2.75) is 6.18 Å². The fraction of sp³-hybridized carbons (Fsp3) is 0.0455. The molecule has 0 radical (unpaired) electrons. The Balaban J connectivity index is 1.53. The molecule has 1 amide bonds. The molecule has 0 aliphatic rings. The molecule has 0 saturated heterocycles. The van der Waals surface area contributed by atoms with E-state index < -0.39 is 23.3 Å². The number of aromatic nitrogens is 6. The van der Waals surface area contributed by atoms with Crippen molar-refractivity contribution in [1.82, 2.24) is 29.9 Å². The van der Waals surface area contributed by atoms with E-state index in [-0.39, 0.29) is 16.4 Å². The number of aromatic amines is 1. The van der Waals surface area contributed by atoms with Gasteiger partial charge in [0.05, 0.1) is 46.2 Å². The zero-order valence-electron chi connectivity index (χ0n) is 17.0. The largest absolute Gasteiger partial charge is 0.434 e. The summed E-state index contributed by atoms with van der Waals surface area (Å²) < 4.78 is 43.0. The number of rotatable bonds is 4. The summed E-state index contributed by atoms with van der Waals surface area (Å²) >= 11 is 6.23. The summed E-state index contributed by atoms with van der Waals surface area (Å²) in [7, 11) is 0. The van der Waals surface area contributed by atoms with Crippen LogP contribution in [0.2, 0.25) is 5.02 Å². The molecule has 0 saturated carbocycles. The summed E-state index contributed by atoms with van der Waals surface area (Å²) in [5.41, 5.74) is -0.744. The van der Waals surface area contributed by atoms with Crippen LogP contribution in [0.15, 0.2) is 67.4 Å². The fourth-order valence-corrected chi connectivity index (χ4v) is 3.80. The maximum absolute atomic E-state index is 14.1. The number of carbonyl (C=O) groups is 1. The Kier molecular flexibility index (Phi) is 5.25. The smallest absolute Gasteiger partial charge is 0.320 e.